The van der Waals surface area contributed by atoms with E-state index < -0.39 is 12.0 Å². The fraction of sp³-hybridized carbons (Fsp3) is 0.276. The Morgan fingerprint density at radius 1 is 1.15 bits per heavy atom. The Hall–Kier alpha value is -3.83. The molecule has 0 N–H and O–H groups in total. The number of halogens is 1. The highest BCUT2D eigenvalue weighted by Gasteiger charge is 2.35. The van der Waals surface area contributed by atoms with Gasteiger partial charge >= 0.3 is 5.97 Å². The highest BCUT2D eigenvalue weighted by atomic mass is 79.9. The molecule has 3 aromatic rings. The second kappa shape index (κ2) is 12.6. The number of nitrogens with zero attached hydrogens (tertiary/aromatic N) is 2. The zero-order valence-corrected chi connectivity index (χ0v) is 25.2. The number of benzene rings is 2. The van der Waals surface area contributed by atoms with E-state index in [-0.39, 0.29) is 17.7 Å². The van der Waals surface area contributed by atoms with Crippen LogP contribution in [0.25, 0.3) is 6.08 Å². The SMILES string of the molecule is C=CCOc1c(Br)cc(/C=c2/sc3n(c2=O)[C@H](c2cc(OC)ccc2OC)C(C(=O)OCC)=C(C)N=3)cc1OC. The lowest BCUT2D eigenvalue weighted by molar-refractivity contribution is -0.139. The van der Waals surface area contributed by atoms with Crippen LogP contribution in [-0.2, 0) is 9.53 Å². The van der Waals surface area contributed by atoms with Crippen molar-refractivity contribution < 1.29 is 28.5 Å². The van der Waals surface area contributed by atoms with Crippen molar-refractivity contribution in [3.8, 4) is 23.0 Å². The van der Waals surface area contributed by atoms with E-state index in [4.69, 9.17) is 23.7 Å². The lowest BCUT2D eigenvalue weighted by atomic mass is 9.94. The fourth-order valence-electron chi connectivity index (χ4n) is 4.40. The molecule has 1 atom stereocenters. The van der Waals surface area contributed by atoms with Gasteiger partial charge in [0.15, 0.2) is 16.3 Å². The number of fused-ring (bicyclic) bond motifs is 1. The van der Waals surface area contributed by atoms with Crippen LogP contribution in [0, 0.1) is 0 Å². The highest BCUT2D eigenvalue weighted by molar-refractivity contribution is 9.10. The lowest BCUT2D eigenvalue weighted by Gasteiger charge is -2.26. The van der Waals surface area contributed by atoms with Crippen LogP contribution >= 0.6 is 27.3 Å². The van der Waals surface area contributed by atoms with E-state index in [1.54, 1.807) is 64.5 Å². The van der Waals surface area contributed by atoms with E-state index in [9.17, 15) is 9.59 Å². The molecule has 0 fully saturated rings. The third-order valence-electron chi connectivity index (χ3n) is 6.14. The molecule has 1 aliphatic heterocycles. The molecule has 0 unspecified atom stereocenters. The Labute approximate surface area is 243 Å². The van der Waals surface area contributed by atoms with Crippen molar-refractivity contribution in [2.24, 2.45) is 4.99 Å². The van der Waals surface area contributed by atoms with Crippen molar-refractivity contribution in [3.05, 3.63) is 89.5 Å². The molecule has 2 aromatic carbocycles. The average Bonchev–Trinajstić information content (AvgIpc) is 3.24. The highest BCUT2D eigenvalue weighted by Crippen LogP contribution is 2.38. The van der Waals surface area contributed by atoms with Crippen molar-refractivity contribution in [1.82, 2.24) is 4.57 Å². The summed E-state index contributed by atoms with van der Waals surface area (Å²) in [7, 11) is 4.62. The summed E-state index contributed by atoms with van der Waals surface area (Å²) in [5.74, 6) is 1.50. The second-order valence-electron chi connectivity index (χ2n) is 8.54. The van der Waals surface area contributed by atoms with E-state index in [1.165, 1.54) is 23.0 Å². The summed E-state index contributed by atoms with van der Waals surface area (Å²) in [6.07, 6.45) is 3.39. The first-order chi connectivity index (χ1) is 19.3. The Bertz CT molecular complexity index is 1670. The third-order valence-corrected chi connectivity index (χ3v) is 7.72. The van der Waals surface area contributed by atoms with Gasteiger partial charge in [-0.25, -0.2) is 9.79 Å². The van der Waals surface area contributed by atoms with Gasteiger partial charge in [0, 0.05) is 5.56 Å². The number of hydrogen-bond donors (Lipinski definition) is 0. The minimum Gasteiger partial charge on any atom is -0.497 e. The number of thiazole rings is 1. The van der Waals surface area contributed by atoms with Gasteiger partial charge in [0.05, 0.1) is 48.2 Å². The van der Waals surface area contributed by atoms with Gasteiger partial charge in [0.2, 0.25) is 0 Å². The lowest BCUT2D eigenvalue weighted by Crippen LogP contribution is -2.40. The Balaban J connectivity index is 1.96. The molecule has 11 heteroatoms. The summed E-state index contributed by atoms with van der Waals surface area (Å²) < 4.78 is 30.3. The van der Waals surface area contributed by atoms with E-state index in [0.29, 0.717) is 60.2 Å². The zero-order valence-electron chi connectivity index (χ0n) is 22.8. The van der Waals surface area contributed by atoms with Crippen LogP contribution in [0.15, 0.2) is 68.5 Å². The number of aromatic nitrogens is 1. The van der Waals surface area contributed by atoms with Gasteiger partial charge in [-0.15, -0.1) is 0 Å². The quantitative estimate of drug-likeness (QED) is 0.246. The van der Waals surface area contributed by atoms with Crippen molar-refractivity contribution in [1.29, 1.82) is 0 Å². The van der Waals surface area contributed by atoms with Gasteiger partial charge in [-0.2, -0.15) is 0 Å². The van der Waals surface area contributed by atoms with Crippen molar-refractivity contribution in [3.63, 3.8) is 0 Å². The Morgan fingerprint density at radius 2 is 1.90 bits per heavy atom. The molecule has 1 aromatic heterocycles. The minimum atomic E-state index is -0.849. The van der Waals surface area contributed by atoms with Crippen LogP contribution in [0.3, 0.4) is 0 Å². The van der Waals surface area contributed by atoms with E-state index in [1.807, 2.05) is 6.07 Å². The van der Waals surface area contributed by atoms with Gasteiger partial charge in [0.1, 0.15) is 24.1 Å². The summed E-state index contributed by atoms with van der Waals surface area (Å²) in [5.41, 5.74) is 1.65. The van der Waals surface area contributed by atoms with Crippen molar-refractivity contribution in [2.75, 3.05) is 34.5 Å². The van der Waals surface area contributed by atoms with Crippen LogP contribution in [0.2, 0.25) is 0 Å². The third kappa shape index (κ3) is 5.57. The van der Waals surface area contributed by atoms with Crippen molar-refractivity contribution >= 4 is 39.3 Å². The molecule has 0 spiro atoms. The molecule has 0 bridgehead atoms. The fourth-order valence-corrected chi connectivity index (χ4v) is 6.02. The first-order valence-corrected chi connectivity index (χ1v) is 13.9. The maximum atomic E-state index is 14.0. The van der Waals surface area contributed by atoms with Crippen LogP contribution in [-0.4, -0.2) is 45.1 Å². The Morgan fingerprint density at radius 3 is 2.55 bits per heavy atom. The molecular formula is C29H29BrN2O7S. The predicted molar refractivity (Wildman–Crippen MR) is 156 cm³/mol. The monoisotopic (exact) mass is 628 g/mol. The molecular weight excluding hydrogens is 600 g/mol. The van der Waals surface area contributed by atoms with E-state index in [2.05, 4.69) is 27.5 Å². The number of carbonyl (C=O) groups excluding carboxylic acids is 1. The first-order valence-electron chi connectivity index (χ1n) is 12.3. The maximum absolute atomic E-state index is 14.0. The molecule has 0 amide bonds. The number of carbonyl (C=O) groups is 1. The van der Waals surface area contributed by atoms with Crippen LogP contribution in [0.4, 0.5) is 0 Å². The van der Waals surface area contributed by atoms with Gasteiger partial charge < -0.3 is 23.7 Å². The van der Waals surface area contributed by atoms with Gasteiger partial charge in [0.25, 0.3) is 5.56 Å². The molecule has 2 heterocycles. The number of rotatable bonds is 10. The first kappa shape index (κ1) is 29.2. The topological polar surface area (TPSA) is 97.6 Å². The molecule has 9 nitrogen and oxygen atoms in total. The van der Waals surface area contributed by atoms with E-state index in [0.717, 1.165) is 0 Å². The number of esters is 1. The summed E-state index contributed by atoms with van der Waals surface area (Å²) in [5, 5.41) is 0. The maximum Gasteiger partial charge on any atom is 0.338 e. The molecule has 1 aliphatic rings. The molecule has 40 heavy (non-hydrogen) atoms. The summed E-state index contributed by atoms with van der Waals surface area (Å²) in [6, 6.07) is 8.00. The number of methoxy groups -OCH3 is 3. The molecule has 210 valence electrons. The summed E-state index contributed by atoms with van der Waals surface area (Å²) in [6.45, 7) is 7.61. The number of hydrogen-bond acceptors (Lipinski definition) is 9. The van der Waals surface area contributed by atoms with Crippen LogP contribution in [0.5, 0.6) is 23.0 Å². The molecule has 4 rings (SSSR count). The van der Waals surface area contributed by atoms with E-state index >= 15 is 0 Å². The zero-order chi connectivity index (χ0) is 29.0. The second-order valence-corrected chi connectivity index (χ2v) is 10.4. The average molecular weight is 630 g/mol. The number of ether oxygens (including phenoxy) is 5. The Kier molecular flexibility index (Phi) is 9.16. The largest absolute Gasteiger partial charge is 0.497 e. The van der Waals surface area contributed by atoms with Gasteiger partial charge in [-0.05, 0) is 71.7 Å². The normalized spacial score (nSPS) is 14.8. The molecule has 0 aliphatic carbocycles. The summed E-state index contributed by atoms with van der Waals surface area (Å²) in [4.78, 5) is 32.3. The molecule has 0 radical (unpaired) electrons. The predicted octanol–water partition coefficient (Wildman–Crippen LogP) is 4.15. The van der Waals surface area contributed by atoms with Crippen LogP contribution < -0.4 is 33.8 Å². The van der Waals surface area contributed by atoms with Gasteiger partial charge in [-0.1, -0.05) is 24.0 Å². The smallest absolute Gasteiger partial charge is 0.338 e. The minimum absolute atomic E-state index is 0.172. The number of allylic oxidation sites excluding steroid dienone is 1. The molecule has 0 saturated carbocycles. The van der Waals surface area contributed by atoms with Crippen LogP contribution in [0.1, 0.15) is 31.0 Å². The standard InChI is InChI=1S/C29H29BrN2O7S/c1-7-11-39-26-20(30)12-17(13-22(26)37-6)14-23-27(33)32-25(19-15-18(35-4)9-10-21(19)36-5)24(28(34)38-8-2)16(3)31-29(32)40-23/h7,9-10,12-15,25H,1,8,11H2,2-6H3/b23-14+/t25-/m1/s1. The van der Waals surface area contributed by atoms with Gasteiger partial charge in [-0.3, -0.25) is 9.36 Å². The van der Waals surface area contributed by atoms with Crippen molar-refractivity contribution in [2.45, 2.75) is 19.9 Å². The molecule has 0 saturated heterocycles. The summed E-state index contributed by atoms with van der Waals surface area (Å²) >= 11 is 4.75.